The minimum Gasteiger partial charge on any atom is -0.550 e. The Hall–Kier alpha value is -2.87. The number of benzene rings is 1. The number of carbonyl (C=O) groups is 2. The molecule has 3 fully saturated rings. The number of rotatable bonds is 9. The van der Waals surface area contributed by atoms with Gasteiger partial charge in [0, 0.05) is 43.5 Å². The molecule has 2 aromatic rings. The number of hydrogen-bond acceptors (Lipinski definition) is 5. The molecule has 8 heteroatoms. The number of aliphatic carboxylic acids is 1. The van der Waals surface area contributed by atoms with Crippen LogP contribution >= 0.6 is 0 Å². The van der Waals surface area contributed by atoms with Crippen molar-refractivity contribution in [3.63, 3.8) is 0 Å². The molecule has 4 atom stereocenters. The molecule has 3 aliphatic rings. The van der Waals surface area contributed by atoms with Gasteiger partial charge in [-0.25, -0.2) is 0 Å². The number of amides is 1. The van der Waals surface area contributed by atoms with Crippen LogP contribution in [-0.2, 0) is 16.6 Å². The number of hydrogen-bond donors (Lipinski definition) is 2. The van der Waals surface area contributed by atoms with Gasteiger partial charge in [-0.15, -0.1) is 0 Å². The van der Waals surface area contributed by atoms with Gasteiger partial charge < -0.3 is 24.9 Å². The third-order valence-corrected chi connectivity index (χ3v) is 7.06. The second-order valence-electron chi connectivity index (χ2n) is 9.04. The molecule has 1 unspecified atom stereocenters. The normalized spacial score (nSPS) is 24.3. The molecule has 5 rings (SSSR count). The van der Waals surface area contributed by atoms with Crippen molar-refractivity contribution in [3.8, 4) is 17.0 Å². The van der Waals surface area contributed by atoms with Crippen LogP contribution in [-0.4, -0.2) is 54.4 Å². The summed E-state index contributed by atoms with van der Waals surface area (Å²) in [7, 11) is 3.69. The van der Waals surface area contributed by atoms with Crippen molar-refractivity contribution >= 4 is 11.9 Å². The fraction of sp³-hybridized carbons (Fsp3) is 0.542. The summed E-state index contributed by atoms with van der Waals surface area (Å²) in [5, 5.41) is 18.3. The van der Waals surface area contributed by atoms with Crippen molar-refractivity contribution in [2.45, 2.75) is 44.1 Å². The fourth-order valence-electron chi connectivity index (χ4n) is 5.33. The van der Waals surface area contributed by atoms with Gasteiger partial charge in [0.25, 0.3) is 0 Å². The molecule has 3 aliphatic heterocycles. The molecule has 2 bridgehead atoms. The van der Waals surface area contributed by atoms with Gasteiger partial charge in [0.1, 0.15) is 11.8 Å². The highest BCUT2D eigenvalue weighted by Gasteiger charge is 2.45. The Morgan fingerprint density at radius 1 is 1.28 bits per heavy atom. The molecule has 32 heavy (non-hydrogen) atoms. The summed E-state index contributed by atoms with van der Waals surface area (Å²) in [6, 6.07) is 10.6. The van der Waals surface area contributed by atoms with Gasteiger partial charge in [-0.3, -0.25) is 9.48 Å². The third-order valence-electron chi connectivity index (χ3n) is 7.06. The summed E-state index contributed by atoms with van der Waals surface area (Å²) in [6.45, 7) is 2.85. The van der Waals surface area contributed by atoms with Crippen molar-refractivity contribution in [2.75, 3.05) is 26.7 Å². The minimum atomic E-state index is -1.10. The lowest BCUT2D eigenvalue weighted by Crippen LogP contribution is -3.20. The van der Waals surface area contributed by atoms with Crippen LogP contribution in [0.25, 0.3) is 11.3 Å². The Morgan fingerprint density at radius 2 is 2.06 bits per heavy atom. The van der Waals surface area contributed by atoms with Crippen molar-refractivity contribution < 1.29 is 24.3 Å². The molecular weight excluding hydrogens is 408 g/mol. The van der Waals surface area contributed by atoms with E-state index in [1.165, 1.54) is 12.1 Å². The average Bonchev–Trinajstić information content (AvgIpc) is 3.19. The number of quaternary nitrogens is 1. The van der Waals surface area contributed by atoms with Gasteiger partial charge in [0.05, 0.1) is 38.4 Å². The van der Waals surface area contributed by atoms with E-state index in [2.05, 4.69) is 11.4 Å². The van der Waals surface area contributed by atoms with Crippen LogP contribution in [0.15, 0.2) is 30.3 Å². The van der Waals surface area contributed by atoms with E-state index in [0.29, 0.717) is 30.8 Å². The number of carboxylic acids is 1. The maximum atomic E-state index is 12.0. The smallest absolute Gasteiger partial charge is 0.220 e. The van der Waals surface area contributed by atoms with Crippen molar-refractivity contribution in [1.82, 2.24) is 15.1 Å². The average molecular weight is 441 g/mol. The molecule has 2 N–H and O–H groups in total. The van der Waals surface area contributed by atoms with Gasteiger partial charge in [-0.1, -0.05) is 0 Å². The van der Waals surface area contributed by atoms with E-state index >= 15 is 0 Å². The first kappa shape index (κ1) is 22.3. The van der Waals surface area contributed by atoms with Crippen LogP contribution in [0.4, 0.5) is 0 Å². The molecular formula is C24H32N4O4. The van der Waals surface area contributed by atoms with Crippen LogP contribution in [0.3, 0.4) is 0 Å². The van der Waals surface area contributed by atoms with E-state index < -0.39 is 5.97 Å². The SMILES string of the molecule is COc1ccc(-c2cc([C@H]3C[NH+]4CC[C@H]3C[C@@H]4CNC(=O)CCCC(=O)[O-])n(C)n2)cc1. The second kappa shape index (κ2) is 9.73. The number of aryl methyl sites for hydroxylation is 1. The minimum absolute atomic E-state index is 0.0683. The summed E-state index contributed by atoms with van der Waals surface area (Å²) in [5.74, 6) is 0.725. The van der Waals surface area contributed by atoms with Gasteiger partial charge >= 0.3 is 0 Å². The summed E-state index contributed by atoms with van der Waals surface area (Å²) >= 11 is 0. The molecule has 8 nitrogen and oxygen atoms in total. The predicted molar refractivity (Wildman–Crippen MR) is 117 cm³/mol. The first-order valence-electron chi connectivity index (χ1n) is 11.4. The predicted octanol–water partition coefficient (Wildman–Crippen LogP) is -0.107. The highest BCUT2D eigenvalue weighted by Crippen LogP contribution is 2.36. The van der Waals surface area contributed by atoms with Crippen molar-refractivity contribution in [1.29, 1.82) is 0 Å². The Morgan fingerprint density at radius 3 is 2.72 bits per heavy atom. The monoisotopic (exact) mass is 440 g/mol. The number of fused-ring (bicyclic) bond motifs is 3. The number of nitrogens with one attached hydrogen (secondary N) is 2. The third kappa shape index (κ3) is 4.96. The summed E-state index contributed by atoms with van der Waals surface area (Å²) in [5.41, 5.74) is 3.35. The van der Waals surface area contributed by atoms with Crippen molar-refractivity contribution in [2.24, 2.45) is 13.0 Å². The highest BCUT2D eigenvalue weighted by molar-refractivity contribution is 5.76. The summed E-state index contributed by atoms with van der Waals surface area (Å²) in [6.07, 6.45) is 2.78. The number of carbonyl (C=O) groups excluding carboxylic acids is 2. The van der Waals surface area contributed by atoms with E-state index in [9.17, 15) is 14.7 Å². The highest BCUT2D eigenvalue weighted by atomic mass is 16.5. The van der Waals surface area contributed by atoms with Crippen LogP contribution in [0.2, 0.25) is 0 Å². The first-order valence-corrected chi connectivity index (χ1v) is 11.4. The largest absolute Gasteiger partial charge is 0.550 e. The maximum absolute atomic E-state index is 12.0. The topological polar surface area (TPSA) is 101 Å². The molecule has 1 aromatic heterocycles. The maximum Gasteiger partial charge on any atom is 0.220 e. The van der Waals surface area contributed by atoms with Gasteiger partial charge in [0.15, 0.2) is 0 Å². The molecule has 1 aromatic carbocycles. The van der Waals surface area contributed by atoms with Gasteiger partial charge in [0.2, 0.25) is 5.91 Å². The lowest BCUT2D eigenvalue weighted by atomic mass is 9.74. The van der Waals surface area contributed by atoms with E-state index in [1.54, 1.807) is 12.0 Å². The molecule has 0 saturated carbocycles. The zero-order valence-electron chi connectivity index (χ0n) is 18.8. The molecule has 3 saturated heterocycles. The number of piperidine rings is 3. The van der Waals surface area contributed by atoms with E-state index in [4.69, 9.17) is 9.84 Å². The second-order valence-corrected chi connectivity index (χ2v) is 9.04. The van der Waals surface area contributed by atoms with E-state index in [0.717, 1.165) is 36.5 Å². The standard InChI is InChI=1S/C24H32N4O4/c1-27-22(13-21(26-27)16-6-8-19(32-2)9-7-16)20-15-28-11-10-17(20)12-18(28)14-25-23(29)4-3-5-24(30)31/h6-9,13,17-18,20H,3-5,10-12,14-15H2,1-2H3,(H,25,29)(H,30,31)/t17-,18+,20-/m0/s1. The van der Waals surface area contributed by atoms with Gasteiger partial charge in [-0.2, -0.15) is 5.10 Å². The zero-order valence-corrected chi connectivity index (χ0v) is 18.8. The molecule has 0 radical (unpaired) electrons. The van der Waals surface area contributed by atoms with Crippen LogP contribution in [0, 0.1) is 5.92 Å². The number of methoxy groups -OCH3 is 1. The number of ether oxygens (including phenoxy) is 1. The Labute approximate surface area is 188 Å². The first-order chi connectivity index (χ1) is 15.4. The van der Waals surface area contributed by atoms with Crippen LogP contribution < -0.4 is 20.1 Å². The van der Waals surface area contributed by atoms with E-state index in [-0.39, 0.29) is 18.7 Å². The Balaban J connectivity index is 1.36. The molecule has 0 aliphatic carbocycles. The summed E-state index contributed by atoms with van der Waals surface area (Å²) < 4.78 is 7.28. The Bertz CT molecular complexity index is 955. The number of carboxylic acid groups (broad SMARTS) is 1. The van der Waals surface area contributed by atoms with Crippen LogP contribution in [0.5, 0.6) is 5.75 Å². The van der Waals surface area contributed by atoms with Crippen molar-refractivity contribution in [3.05, 3.63) is 36.0 Å². The quantitative estimate of drug-likeness (QED) is 0.567. The molecule has 4 heterocycles. The molecule has 172 valence electrons. The summed E-state index contributed by atoms with van der Waals surface area (Å²) in [4.78, 5) is 24.1. The fourth-order valence-corrected chi connectivity index (χ4v) is 5.33. The van der Waals surface area contributed by atoms with Crippen LogP contribution in [0.1, 0.15) is 43.7 Å². The molecule has 1 amide bonds. The Kier molecular flexibility index (Phi) is 6.79. The molecule has 0 spiro atoms. The number of aromatic nitrogens is 2. The van der Waals surface area contributed by atoms with Gasteiger partial charge in [-0.05, 0) is 49.1 Å². The lowest BCUT2D eigenvalue weighted by Gasteiger charge is -2.46. The van der Waals surface area contributed by atoms with E-state index in [1.807, 2.05) is 36.0 Å². The number of nitrogens with zero attached hydrogens (tertiary/aromatic N) is 2. The lowest BCUT2D eigenvalue weighted by molar-refractivity contribution is -0.942. The zero-order chi connectivity index (χ0) is 22.7.